The van der Waals surface area contributed by atoms with Crippen molar-refractivity contribution in [3.8, 4) is 0 Å². The topological polar surface area (TPSA) is 86.8 Å². The van der Waals surface area contributed by atoms with E-state index in [-0.39, 0.29) is 29.1 Å². The van der Waals surface area contributed by atoms with Gasteiger partial charge in [-0.1, -0.05) is 71.2 Å². The molecule has 0 unspecified atom stereocenters. The van der Waals surface area contributed by atoms with Crippen molar-refractivity contribution < 1.29 is 22.4 Å². The van der Waals surface area contributed by atoms with Gasteiger partial charge in [0.1, 0.15) is 18.4 Å². The van der Waals surface area contributed by atoms with E-state index in [1.54, 1.807) is 25.1 Å². The summed E-state index contributed by atoms with van der Waals surface area (Å²) in [5.74, 6) is -1.72. The molecule has 1 atom stereocenters. The van der Waals surface area contributed by atoms with Gasteiger partial charge in [-0.05, 0) is 61.7 Å². The number of nitrogens with one attached hydrogen (secondary N) is 1. The maximum absolute atomic E-state index is 14.9. The van der Waals surface area contributed by atoms with Crippen LogP contribution in [0, 0.1) is 5.82 Å². The van der Waals surface area contributed by atoms with Crippen molar-refractivity contribution in [3.63, 3.8) is 0 Å². The fourth-order valence-electron chi connectivity index (χ4n) is 4.65. The van der Waals surface area contributed by atoms with Gasteiger partial charge in [-0.15, -0.1) is 0 Å². The molecule has 0 radical (unpaired) electrons. The molecule has 206 valence electrons. The zero-order valence-electron chi connectivity index (χ0n) is 21.6. The number of halogens is 2. The molecule has 1 fully saturated rings. The van der Waals surface area contributed by atoms with Crippen LogP contribution in [0.4, 0.5) is 10.1 Å². The van der Waals surface area contributed by atoms with Crippen LogP contribution in [0.5, 0.6) is 0 Å². The summed E-state index contributed by atoms with van der Waals surface area (Å²) < 4.78 is 43.9. The Labute approximate surface area is 237 Å². The highest BCUT2D eigenvalue weighted by molar-refractivity contribution is 9.10. The molecule has 1 aliphatic rings. The van der Waals surface area contributed by atoms with Gasteiger partial charge in [0, 0.05) is 17.1 Å². The normalized spacial score (nSPS) is 14.5. The SMILES string of the molecule is C[C@@H](C(=O)NC1CCCC1)N(Cc1ccc(Br)cc1)C(=O)CN(c1ccccc1F)S(=O)(=O)c1ccccc1. The number of benzene rings is 3. The molecule has 3 aromatic rings. The Morgan fingerprint density at radius 2 is 1.59 bits per heavy atom. The van der Waals surface area contributed by atoms with Crippen LogP contribution in [0.25, 0.3) is 0 Å². The fourth-order valence-corrected chi connectivity index (χ4v) is 6.36. The van der Waals surface area contributed by atoms with E-state index < -0.39 is 34.3 Å². The van der Waals surface area contributed by atoms with E-state index in [9.17, 15) is 22.4 Å². The number of anilines is 1. The number of hydrogen-bond donors (Lipinski definition) is 1. The van der Waals surface area contributed by atoms with Crippen LogP contribution < -0.4 is 9.62 Å². The van der Waals surface area contributed by atoms with Crippen molar-refractivity contribution in [2.24, 2.45) is 0 Å². The number of carbonyl (C=O) groups is 2. The minimum absolute atomic E-state index is 0.0537. The zero-order chi connectivity index (χ0) is 28.0. The second kappa shape index (κ2) is 12.7. The summed E-state index contributed by atoms with van der Waals surface area (Å²) in [6.07, 6.45) is 3.84. The van der Waals surface area contributed by atoms with Gasteiger partial charge in [0.2, 0.25) is 11.8 Å². The quantitative estimate of drug-likeness (QED) is 0.337. The molecule has 0 aliphatic heterocycles. The molecule has 10 heteroatoms. The third-order valence-electron chi connectivity index (χ3n) is 6.87. The highest BCUT2D eigenvalue weighted by Crippen LogP contribution is 2.27. The average molecular weight is 617 g/mol. The molecule has 0 spiro atoms. The predicted octanol–water partition coefficient (Wildman–Crippen LogP) is 5.26. The molecule has 0 aromatic heterocycles. The summed E-state index contributed by atoms with van der Waals surface area (Å²) in [7, 11) is -4.31. The number of carbonyl (C=O) groups excluding carboxylic acids is 2. The highest BCUT2D eigenvalue weighted by atomic mass is 79.9. The summed E-state index contributed by atoms with van der Waals surface area (Å²) in [4.78, 5) is 28.4. The van der Waals surface area contributed by atoms with Gasteiger partial charge in [0.15, 0.2) is 0 Å². The lowest BCUT2D eigenvalue weighted by atomic mass is 10.1. The summed E-state index contributed by atoms with van der Waals surface area (Å²) >= 11 is 3.40. The lowest BCUT2D eigenvalue weighted by molar-refractivity contribution is -0.139. The summed E-state index contributed by atoms with van der Waals surface area (Å²) in [5.41, 5.74) is 0.511. The molecule has 1 aliphatic carbocycles. The molecule has 7 nitrogen and oxygen atoms in total. The molecule has 4 rings (SSSR count). The van der Waals surface area contributed by atoms with E-state index in [2.05, 4.69) is 21.2 Å². The van der Waals surface area contributed by atoms with E-state index in [0.29, 0.717) is 0 Å². The summed E-state index contributed by atoms with van der Waals surface area (Å²) in [5, 5.41) is 3.03. The second-order valence-corrected chi connectivity index (χ2v) is 12.4. The van der Waals surface area contributed by atoms with E-state index >= 15 is 0 Å². The Kier molecular flexibility index (Phi) is 9.40. The first kappa shape index (κ1) is 28.8. The van der Waals surface area contributed by atoms with Crippen molar-refractivity contribution in [2.45, 2.75) is 56.1 Å². The van der Waals surface area contributed by atoms with Gasteiger partial charge in [0.25, 0.3) is 10.0 Å². The van der Waals surface area contributed by atoms with E-state index in [1.165, 1.54) is 35.2 Å². The van der Waals surface area contributed by atoms with Gasteiger partial charge in [-0.25, -0.2) is 12.8 Å². The van der Waals surface area contributed by atoms with E-state index in [0.717, 1.165) is 46.1 Å². The van der Waals surface area contributed by atoms with Gasteiger partial charge in [0.05, 0.1) is 10.6 Å². The molecule has 1 saturated carbocycles. The largest absolute Gasteiger partial charge is 0.352 e. The molecule has 2 amide bonds. The molecule has 0 bridgehead atoms. The second-order valence-electron chi connectivity index (χ2n) is 9.59. The Morgan fingerprint density at radius 3 is 2.23 bits per heavy atom. The summed E-state index contributed by atoms with van der Waals surface area (Å²) in [6, 6.07) is 19.5. The van der Waals surface area contributed by atoms with Crippen LogP contribution in [0.1, 0.15) is 38.2 Å². The Hall–Kier alpha value is -3.24. The molecular weight excluding hydrogens is 585 g/mol. The smallest absolute Gasteiger partial charge is 0.264 e. The van der Waals surface area contributed by atoms with Crippen molar-refractivity contribution in [1.82, 2.24) is 10.2 Å². The third-order valence-corrected chi connectivity index (χ3v) is 9.17. The Bertz CT molecular complexity index is 1400. The number of sulfonamides is 1. The van der Waals surface area contributed by atoms with Crippen molar-refractivity contribution in [1.29, 1.82) is 0 Å². The van der Waals surface area contributed by atoms with Crippen LogP contribution >= 0.6 is 15.9 Å². The minimum atomic E-state index is -4.31. The van der Waals surface area contributed by atoms with Crippen LogP contribution in [0.15, 0.2) is 88.2 Å². The first-order valence-electron chi connectivity index (χ1n) is 12.8. The fraction of sp³-hybridized carbons (Fsp3) is 0.310. The Morgan fingerprint density at radius 1 is 0.974 bits per heavy atom. The van der Waals surface area contributed by atoms with Gasteiger partial charge >= 0.3 is 0 Å². The van der Waals surface area contributed by atoms with Gasteiger partial charge in [-0.3, -0.25) is 13.9 Å². The van der Waals surface area contributed by atoms with Crippen LogP contribution in [-0.2, 0) is 26.2 Å². The lowest BCUT2D eigenvalue weighted by Crippen LogP contribution is -2.52. The van der Waals surface area contributed by atoms with Crippen LogP contribution in [0.2, 0.25) is 0 Å². The number of hydrogen-bond acceptors (Lipinski definition) is 4. The molecule has 1 N–H and O–H groups in total. The summed E-state index contributed by atoms with van der Waals surface area (Å²) in [6.45, 7) is 1.01. The molecular formula is C29H31BrFN3O4S. The first-order chi connectivity index (χ1) is 18.7. The zero-order valence-corrected chi connectivity index (χ0v) is 24.0. The highest BCUT2D eigenvalue weighted by Gasteiger charge is 2.34. The number of rotatable bonds is 10. The lowest BCUT2D eigenvalue weighted by Gasteiger charge is -2.32. The average Bonchev–Trinajstić information content (AvgIpc) is 3.45. The van der Waals surface area contributed by atoms with Gasteiger partial charge < -0.3 is 10.2 Å². The van der Waals surface area contributed by atoms with E-state index in [4.69, 9.17) is 0 Å². The molecule has 39 heavy (non-hydrogen) atoms. The number of amides is 2. The van der Waals surface area contributed by atoms with Crippen molar-refractivity contribution >= 4 is 43.5 Å². The van der Waals surface area contributed by atoms with Crippen molar-refractivity contribution in [3.05, 3.63) is 94.7 Å². The van der Waals surface area contributed by atoms with Gasteiger partial charge in [-0.2, -0.15) is 0 Å². The van der Waals surface area contributed by atoms with Crippen LogP contribution in [-0.4, -0.2) is 43.8 Å². The molecule has 0 saturated heterocycles. The number of para-hydroxylation sites is 1. The van der Waals surface area contributed by atoms with Crippen molar-refractivity contribution in [2.75, 3.05) is 10.8 Å². The third kappa shape index (κ3) is 7.05. The first-order valence-corrected chi connectivity index (χ1v) is 15.1. The maximum atomic E-state index is 14.9. The van der Waals surface area contributed by atoms with E-state index in [1.807, 2.05) is 24.3 Å². The maximum Gasteiger partial charge on any atom is 0.264 e. The Balaban J connectivity index is 1.68. The van der Waals surface area contributed by atoms with Crippen LogP contribution in [0.3, 0.4) is 0 Å². The monoisotopic (exact) mass is 615 g/mol. The minimum Gasteiger partial charge on any atom is -0.352 e. The number of nitrogens with zero attached hydrogens (tertiary/aromatic N) is 2. The standard InChI is InChI=1S/C29H31BrFN3O4S/c1-21(29(36)32-24-9-5-6-10-24)33(19-22-15-17-23(30)18-16-22)28(35)20-34(27-14-8-7-13-26(27)31)39(37,38)25-11-3-2-4-12-25/h2-4,7-8,11-18,21,24H,5-6,9-10,19-20H2,1H3,(H,32,36)/t21-/m0/s1. The molecule has 0 heterocycles. The molecule has 3 aromatic carbocycles. The predicted molar refractivity (Wildman–Crippen MR) is 152 cm³/mol.